The van der Waals surface area contributed by atoms with Crippen LogP contribution in [-0.2, 0) is 5.41 Å². The number of fused-ring (bicyclic) bond motifs is 2. The summed E-state index contributed by atoms with van der Waals surface area (Å²) in [5.41, 5.74) is 4.03. The van der Waals surface area contributed by atoms with Crippen molar-refractivity contribution in [2.75, 3.05) is 19.7 Å². The number of aliphatic hydroxyl groups is 1. The number of benzene rings is 1. The zero-order chi connectivity index (χ0) is 15.6. The van der Waals surface area contributed by atoms with E-state index in [0.717, 1.165) is 5.92 Å². The zero-order valence-corrected chi connectivity index (χ0v) is 13.9. The zero-order valence-electron chi connectivity index (χ0n) is 13.9. The Labute approximate surface area is 138 Å². The molecule has 1 spiro atoms. The molecule has 3 heteroatoms. The van der Waals surface area contributed by atoms with Gasteiger partial charge in [-0.3, -0.25) is 9.89 Å². The first-order chi connectivity index (χ1) is 11.3. The van der Waals surface area contributed by atoms with Gasteiger partial charge in [-0.1, -0.05) is 31.5 Å². The van der Waals surface area contributed by atoms with Crippen LogP contribution in [-0.4, -0.2) is 41.5 Å². The molecule has 1 aromatic rings. The Bertz CT molecular complexity index is 669. The number of nitrogens with zero attached hydrogens (tertiary/aromatic N) is 2. The van der Waals surface area contributed by atoms with Crippen molar-refractivity contribution in [1.29, 1.82) is 0 Å². The highest BCUT2D eigenvalue weighted by molar-refractivity contribution is 6.05. The highest BCUT2D eigenvalue weighted by Gasteiger charge is 2.61. The van der Waals surface area contributed by atoms with E-state index < -0.39 is 0 Å². The maximum Gasteiger partial charge on any atom is 0.0671 e. The minimum absolute atomic E-state index is 0.100. The van der Waals surface area contributed by atoms with Gasteiger partial charge in [-0.2, -0.15) is 0 Å². The minimum atomic E-state index is 0.100. The predicted molar refractivity (Wildman–Crippen MR) is 92.3 cm³/mol. The summed E-state index contributed by atoms with van der Waals surface area (Å²) in [5, 5.41) is 10.2. The number of rotatable bonds is 2. The molecule has 3 heterocycles. The monoisotopic (exact) mass is 310 g/mol. The first-order valence-electron chi connectivity index (χ1n) is 9.31. The molecule has 1 unspecified atom stereocenters. The van der Waals surface area contributed by atoms with E-state index in [4.69, 9.17) is 4.99 Å². The molecule has 3 aliphatic heterocycles. The highest BCUT2D eigenvalue weighted by atomic mass is 16.3. The van der Waals surface area contributed by atoms with Crippen LogP contribution in [0.3, 0.4) is 0 Å². The normalized spacial score (nSPS) is 41.2. The van der Waals surface area contributed by atoms with Crippen LogP contribution in [0.4, 0.5) is 5.69 Å². The lowest BCUT2D eigenvalue weighted by atomic mass is 9.59. The second kappa shape index (κ2) is 4.90. The number of aliphatic imine (C=N–C) groups is 1. The van der Waals surface area contributed by atoms with Gasteiger partial charge in [0, 0.05) is 24.2 Å². The van der Waals surface area contributed by atoms with E-state index >= 15 is 0 Å². The fourth-order valence-corrected chi connectivity index (χ4v) is 6.17. The van der Waals surface area contributed by atoms with Crippen LogP contribution in [0.5, 0.6) is 0 Å². The molecular weight excluding hydrogens is 284 g/mol. The summed E-state index contributed by atoms with van der Waals surface area (Å²) < 4.78 is 0. The fourth-order valence-electron chi connectivity index (χ4n) is 6.17. The SMILES string of the molecule is CC[C@H]1C[C@@H]2CC3N(CC[C@]34C(=Nc3ccccc34)[C@H]2CO)C1. The molecule has 2 saturated heterocycles. The molecule has 23 heavy (non-hydrogen) atoms. The third-order valence-electron chi connectivity index (χ3n) is 7.23. The molecule has 122 valence electrons. The van der Waals surface area contributed by atoms with E-state index in [1.807, 2.05) is 0 Å². The van der Waals surface area contributed by atoms with Crippen LogP contribution in [0.2, 0.25) is 0 Å². The Balaban J connectivity index is 1.69. The van der Waals surface area contributed by atoms with Crippen molar-refractivity contribution in [1.82, 2.24) is 4.90 Å². The Morgan fingerprint density at radius 2 is 2.17 bits per heavy atom. The first kappa shape index (κ1) is 14.2. The quantitative estimate of drug-likeness (QED) is 0.911. The second-order valence-electron chi connectivity index (χ2n) is 8.04. The maximum absolute atomic E-state index is 10.2. The molecule has 0 amide bonds. The molecule has 0 radical (unpaired) electrons. The van der Waals surface area contributed by atoms with Crippen LogP contribution in [0.25, 0.3) is 0 Å². The van der Waals surface area contributed by atoms with E-state index in [9.17, 15) is 5.11 Å². The van der Waals surface area contributed by atoms with Crippen LogP contribution in [0.15, 0.2) is 29.3 Å². The van der Waals surface area contributed by atoms with Crippen LogP contribution >= 0.6 is 0 Å². The molecule has 1 aliphatic carbocycles. The lowest BCUT2D eigenvalue weighted by molar-refractivity contribution is 0.151. The Morgan fingerprint density at radius 1 is 1.30 bits per heavy atom. The van der Waals surface area contributed by atoms with Crippen molar-refractivity contribution in [2.24, 2.45) is 22.7 Å². The Hall–Kier alpha value is -1.19. The van der Waals surface area contributed by atoms with Gasteiger partial charge in [0.25, 0.3) is 0 Å². The number of aliphatic hydroxyl groups excluding tert-OH is 1. The molecule has 4 aliphatic rings. The van der Waals surface area contributed by atoms with Gasteiger partial charge in [0.1, 0.15) is 0 Å². The van der Waals surface area contributed by atoms with Gasteiger partial charge < -0.3 is 5.11 Å². The molecule has 2 bridgehead atoms. The van der Waals surface area contributed by atoms with Gasteiger partial charge in [0.2, 0.25) is 0 Å². The predicted octanol–water partition coefficient (Wildman–Crippen LogP) is 3.14. The summed E-state index contributed by atoms with van der Waals surface area (Å²) >= 11 is 0. The van der Waals surface area contributed by atoms with E-state index in [2.05, 4.69) is 36.1 Å². The number of para-hydroxylation sites is 1. The summed E-state index contributed by atoms with van der Waals surface area (Å²) in [6, 6.07) is 9.34. The molecule has 1 saturated carbocycles. The van der Waals surface area contributed by atoms with Gasteiger partial charge >= 0.3 is 0 Å². The Morgan fingerprint density at radius 3 is 3.00 bits per heavy atom. The summed E-state index contributed by atoms with van der Waals surface area (Å²) in [5.74, 6) is 1.66. The average molecular weight is 310 g/mol. The van der Waals surface area contributed by atoms with Gasteiger partial charge in [-0.05, 0) is 49.3 Å². The third-order valence-corrected chi connectivity index (χ3v) is 7.23. The van der Waals surface area contributed by atoms with Crippen molar-refractivity contribution >= 4 is 11.4 Å². The summed E-state index contributed by atoms with van der Waals surface area (Å²) in [7, 11) is 0. The molecule has 3 fully saturated rings. The largest absolute Gasteiger partial charge is 0.396 e. The first-order valence-corrected chi connectivity index (χ1v) is 9.31. The van der Waals surface area contributed by atoms with Gasteiger partial charge in [0.15, 0.2) is 0 Å². The van der Waals surface area contributed by atoms with Gasteiger partial charge in [-0.15, -0.1) is 0 Å². The summed E-state index contributed by atoms with van der Waals surface area (Å²) in [4.78, 5) is 7.86. The van der Waals surface area contributed by atoms with Gasteiger partial charge in [-0.25, -0.2) is 0 Å². The molecule has 5 rings (SSSR count). The molecule has 3 nitrogen and oxygen atoms in total. The van der Waals surface area contributed by atoms with Crippen molar-refractivity contribution in [3.8, 4) is 0 Å². The molecule has 5 atom stereocenters. The van der Waals surface area contributed by atoms with Crippen LogP contribution in [0, 0.1) is 17.8 Å². The smallest absolute Gasteiger partial charge is 0.0671 e. The maximum atomic E-state index is 10.2. The Kier molecular flexibility index (Phi) is 3.02. The average Bonchev–Trinajstić information content (AvgIpc) is 3.05. The topological polar surface area (TPSA) is 35.8 Å². The van der Waals surface area contributed by atoms with Gasteiger partial charge in [0.05, 0.1) is 17.7 Å². The van der Waals surface area contributed by atoms with Crippen molar-refractivity contribution in [3.63, 3.8) is 0 Å². The standard InChI is InChI=1S/C20H26N2O/c1-2-13-9-14-10-18-20(7-8-22(18)11-13)16-5-3-4-6-17(16)21-19(20)15(14)12-23/h3-6,13-15,18,23H,2,7-12H2,1H3/t13-,14+,15-,18?,20+/m0/s1. The number of hydrogen-bond acceptors (Lipinski definition) is 3. The highest BCUT2D eigenvalue weighted by Crippen LogP contribution is 2.58. The van der Waals surface area contributed by atoms with Crippen molar-refractivity contribution < 1.29 is 5.11 Å². The molecule has 0 aromatic heterocycles. The van der Waals surface area contributed by atoms with E-state index in [1.165, 1.54) is 55.7 Å². The van der Waals surface area contributed by atoms with Crippen molar-refractivity contribution in [3.05, 3.63) is 29.8 Å². The molecule has 1 aromatic carbocycles. The lowest BCUT2D eigenvalue weighted by Gasteiger charge is -2.46. The van der Waals surface area contributed by atoms with Crippen LogP contribution < -0.4 is 0 Å². The minimum Gasteiger partial charge on any atom is -0.396 e. The summed E-state index contributed by atoms with van der Waals surface area (Å²) in [6.45, 7) is 5.03. The fraction of sp³-hybridized carbons (Fsp3) is 0.650. The van der Waals surface area contributed by atoms with E-state index in [0.29, 0.717) is 12.0 Å². The molecule has 1 N–H and O–H groups in total. The third kappa shape index (κ3) is 1.70. The van der Waals surface area contributed by atoms with E-state index in [1.54, 1.807) is 0 Å². The molecular formula is C20H26N2O. The second-order valence-corrected chi connectivity index (χ2v) is 8.04. The van der Waals surface area contributed by atoms with Crippen molar-refractivity contribution in [2.45, 2.75) is 44.1 Å². The van der Waals surface area contributed by atoms with E-state index in [-0.39, 0.29) is 17.9 Å². The lowest BCUT2D eigenvalue weighted by Crippen LogP contribution is -2.55. The summed E-state index contributed by atoms with van der Waals surface area (Å²) in [6.07, 6.45) is 4.95. The number of hydrogen-bond donors (Lipinski definition) is 1. The van der Waals surface area contributed by atoms with Crippen LogP contribution in [0.1, 0.15) is 38.2 Å².